The van der Waals surface area contributed by atoms with Gasteiger partial charge in [-0.3, -0.25) is 9.59 Å². The quantitative estimate of drug-likeness (QED) is 0.745. The lowest BCUT2D eigenvalue weighted by molar-refractivity contribution is -0.157. The van der Waals surface area contributed by atoms with Gasteiger partial charge in [0.1, 0.15) is 5.75 Å². The molecule has 1 amide bonds. The molecule has 6 heteroatoms. The van der Waals surface area contributed by atoms with Gasteiger partial charge in [-0.05, 0) is 26.0 Å². The van der Waals surface area contributed by atoms with Crippen molar-refractivity contribution in [2.75, 3.05) is 26.3 Å². The van der Waals surface area contributed by atoms with Crippen LogP contribution in [-0.4, -0.2) is 55.3 Å². The molecule has 1 aliphatic heterocycles. The second kappa shape index (κ2) is 8.53. The molecule has 126 valence electrons. The summed E-state index contributed by atoms with van der Waals surface area (Å²) in [5.74, 6) is 0.0700. The van der Waals surface area contributed by atoms with Crippen molar-refractivity contribution in [2.24, 2.45) is 0 Å². The lowest BCUT2D eigenvalue weighted by Crippen LogP contribution is -2.49. The number of para-hydroxylation sites is 1. The number of carbonyl (C=O) groups excluding carboxylic acids is 2. The zero-order valence-corrected chi connectivity index (χ0v) is 13.6. The maximum absolute atomic E-state index is 12.1. The van der Waals surface area contributed by atoms with E-state index < -0.39 is 5.97 Å². The number of rotatable bonds is 6. The van der Waals surface area contributed by atoms with E-state index in [2.05, 4.69) is 0 Å². The molecule has 1 aromatic rings. The number of esters is 1. The Balaban J connectivity index is 1.64. The minimum atomic E-state index is -0.441. The molecule has 0 aromatic heterocycles. The van der Waals surface area contributed by atoms with Crippen molar-refractivity contribution >= 4 is 11.9 Å². The molecule has 1 saturated heterocycles. The first-order valence-corrected chi connectivity index (χ1v) is 7.81. The average Bonchev–Trinajstić information content (AvgIpc) is 2.52. The second-order valence-electron chi connectivity index (χ2n) is 5.63. The number of amides is 1. The van der Waals surface area contributed by atoms with Gasteiger partial charge < -0.3 is 19.1 Å². The molecule has 0 radical (unpaired) electrons. The Hall–Kier alpha value is -2.08. The Morgan fingerprint density at radius 3 is 2.48 bits per heavy atom. The number of carbonyl (C=O) groups is 2. The predicted octanol–water partition coefficient (Wildman–Crippen LogP) is 1.63. The van der Waals surface area contributed by atoms with Crippen LogP contribution in [-0.2, 0) is 19.1 Å². The number of hydrogen-bond donors (Lipinski definition) is 0. The fourth-order valence-electron chi connectivity index (χ4n) is 2.46. The summed E-state index contributed by atoms with van der Waals surface area (Å²) in [4.78, 5) is 25.4. The van der Waals surface area contributed by atoms with Gasteiger partial charge in [-0.25, -0.2) is 0 Å². The van der Waals surface area contributed by atoms with Crippen LogP contribution < -0.4 is 4.74 Å². The van der Waals surface area contributed by atoms with Crippen LogP contribution in [0, 0.1) is 0 Å². The van der Waals surface area contributed by atoms with Gasteiger partial charge in [0.2, 0.25) is 0 Å². The molecule has 1 aromatic carbocycles. The highest BCUT2D eigenvalue weighted by Gasteiger charge is 2.26. The summed E-state index contributed by atoms with van der Waals surface area (Å²) in [6, 6.07) is 9.23. The molecule has 0 saturated carbocycles. The Bertz CT molecular complexity index is 509. The van der Waals surface area contributed by atoms with Gasteiger partial charge in [-0.15, -0.1) is 0 Å². The largest absolute Gasteiger partial charge is 0.493 e. The molecule has 2 atom stereocenters. The van der Waals surface area contributed by atoms with Gasteiger partial charge in [-0.2, -0.15) is 0 Å². The van der Waals surface area contributed by atoms with Gasteiger partial charge in [0.05, 0.1) is 25.2 Å². The summed E-state index contributed by atoms with van der Waals surface area (Å²) in [5, 5.41) is 0. The lowest BCUT2D eigenvalue weighted by atomic mass is 10.2. The molecule has 1 heterocycles. The van der Waals surface area contributed by atoms with Gasteiger partial charge in [-0.1, -0.05) is 18.2 Å². The molecule has 1 aliphatic rings. The maximum Gasteiger partial charge on any atom is 0.309 e. The highest BCUT2D eigenvalue weighted by Crippen LogP contribution is 2.11. The first-order chi connectivity index (χ1) is 11.0. The Morgan fingerprint density at radius 1 is 1.17 bits per heavy atom. The van der Waals surface area contributed by atoms with Gasteiger partial charge in [0.25, 0.3) is 5.91 Å². The van der Waals surface area contributed by atoms with Crippen LogP contribution in [0.3, 0.4) is 0 Å². The van der Waals surface area contributed by atoms with E-state index in [1.807, 2.05) is 44.2 Å². The van der Waals surface area contributed by atoms with E-state index in [9.17, 15) is 9.59 Å². The molecule has 0 N–H and O–H groups in total. The van der Waals surface area contributed by atoms with Crippen molar-refractivity contribution in [2.45, 2.75) is 32.5 Å². The third kappa shape index (κ3) is 5.90. The van der Waals surface area contributed by atoms with Crippen LogP contribution in [0.2, 0.25) is 0 Å². The van der Waals surface area contributed by atoms with Gasteiger partial charge in [0.15, 0.2) is 6.61 Å². The molecule has 0 aliphatic carbocycles. The third-order valence-corrected chi connectivity index (χ3v) is 3.45. The predicted molar refractivity (Wildman–Crippen MR) is 84.1 cm³/mol. The summed E-state index contributed by atoms with van der Waals surface area (Å²) in [7, 11) is 0. The van der Waals surface area contributed by atoms with Crippen LogP contribution in [0.25, 0.3) is 0 Å². The zero-order chi connectivity index (χ0) is 16.7. The molecule has 1 fully saturated rings. The lowest BCUT2D eigenvalue weighted by Gasteiger charge is -2.35. The Morgan fingerprint density at radius 2 is 1.83 bits per heavy atom. The summed E-state index contributed by atoms with van der Waals surface area (Å²) in [6.45, 7) is 4.88. The standard InChI is InChI=1S/C17H23NO5/c1-13-10-18(11-14(2)23-13)16(19)12-22-17(20)8-9-21-15-6-4-3-5-7-15/h3-7,13-14H,8-12H2,1-2H3. The second-order valence-corrected chi connectivity index (χ2v) is 5.63. The summed E-state index contributed by atoms with van der Waals surface area (Å²) in [5.41, 5.74) is 0. The minimum absolute atomic E-state index is 0.00215. The number of ether oxygens (including phenoxy) is 3. The molecule has 23 heavy (non-hydrogen) atoms. The van der Waals surface area contributed by atoms with Crippen LogP contribution in [0.15, 0.2) is 30.3 Å². The number of morpholine rings is 1. The van der Waals surface area contributed by atoms with Crippen LogP contribution in [0.5, 0.6) is 5.75 Å². The fourth-order valence-corrected chi connectivity index (χ4v) is 2.46. The Labute approximate surface area is 136 Å². The van der Waals surface area contributed by atoms with E-state index in [0.717, 1.165) is 0 Å². The van der Waals surface area contributed by atoms with Crippen molar-refractivity contribution in [3.8, 4) is 5.75 Å². The first kappa shape index (κ1) is 17.3. The van der Waals surface area contributed by atoms with Crippen LogP contribution >= 0.6 is 0 Å². The van der Waals surface area contributed by atoms with Gasteiger partial charge >= 0.3 is 5.97 Å². The molecule has 0 bridgehead atoms. The maximum atomic E-state index is 12.1. The van der Waals surface area contributed by atoms with E-state index >= 15 is 0 Å². The minimum Gasteiger partial charge on any atom is -0.493 e. The highest BCUT2D eigenvalue weighted by atomic mass is 16.5. The summed E-state index contributed by atoms with van der Waals surface area (Å²) >= 11 is 0. The summed E-state index contributed by atoms with van der Waals surface area (Å²) in [6.07, 6.45) is 0.105. The van der Waals surface area contributed by atoms with Crippen LogP contribution in [0.4, 0.5) is 0 Å². The fraction of sp³-hybridized carbons (Fsp3) is 0.529. The normalized spacial score (nSPS) is 20.9. The monoisotopic (exact) mass is 321 g/mol. The smallest absolute Gasteiger partial charge is 0.309 e. The third-order valence-electron chi connectivity index (χ3n) is 3.45. The molecular weight excluding hydrogens is 298 g/mol. The van der Waals surface area contributed by atoms with Crippen LogP contribution in [0.1, 0.15) is 20.3 Å². The summed E-state index contributed by atoms with van der Waals surface area (Å²) < 4.78 is 16.0. The van der Waals surface area contributed by atoms with Crippen molar-refractivity contribution in [1.29, 1.82) is 0 Å². The van der Waals surface area contributed by atoms with Crippen molar-refractivity contribution in [1.82, 2.24) is 4.90 Å². The van der Waals surface area contributed by atoms with E-state index in [0.29, 0.717) is 18.8 Å². The van der Waals surface area contributed by atoms with E-state index in [1.165, 1.54) is 0 Å². The van der Waals surface area contributed by atoms with E-state index in [1.54, 1.807) is 4.90 Å². The van der Waals surface area contributed by atoms with Crippen molar-refractivity contribution in [3.63, 3.8) is 0 Å². The molecule has 2 unspecified atom stereocenters. The van der Waals surface area contributed by atoms with E-state index in [-0.39, 0.29) is 37.7 Å². The van der Waals surface area contributed by atoms with E-state index in [4.69, 9.17) is 14.2 Å². The SMILES string of the molecule is CC1CN(C(=O)COC(=O)CCOc2ccccc2)CC(C)O1. The molecule has 0 spiro atoms. The zero-order valence-electron chi connectivity index (χ0n) is 13.6. The number of benzene rings is 1. The molecule has 2 rings (SSSR count). The average molecular weight is 321 g/mol. The van der Waals surface area contributed by atoms with Crippen molar-refractivity contribution < 1.29 is 23.8 Å². The molecule has 6 nitrogen and oxygen atoms in total. The Kier molecular flexibility index (Phi) is 6.40. The number of hydrogen-bond acceptors (Lipinski definition) is 5. The van der Waals surface area contributed by atoms with Crippen molar-refractivity contribution in [3.05, 3.63) is 30.3 Å². The molecular formula is C17H23NO5. The van der Waals surface area contributed by atoms with Gasteiger partial charge in [0, 0.05) is 13.1 Å². The highest BCUT2D eigenvalue weighted by molar-refractivity contribution is 5.80. The first-order valence-electron chi connectivity index (χ1n) is 7.81. The topological polar surface area (TPSA) is 65.1 Å². The number of nitrogens with zero attached hydrogens (tertiary/aromatic N) is 1.